The molecule has 0 unspecified atom stereocenters. The second kappa shape index (κ2) is 6.92. The second-order valence-corrected chi connectivity index (χ2v) is 5.99. The van der Waals surface area contributed by atoms with Crippen LogP contribution in [-0.4, -0.2) is 27.8 Å². The number of halogens is 1. The molecule has 1 aromatic carbocycles. The normalized spacial score (nSPS) is 11.3. The van der Waals surface area contributed by atoms with Crippen molar-refractivity contribution in [3.63, 3.8) is 0 Å². The monoisotopic (exact) mass is 304 g/mol. The highest BCUT2D eigenvalue weighted by Crippen LogP contribution is 2.15. The third-order valence-electron chi connectivity index (χ3n) is 3.58. The molecule has 0 fully saturated rings. The summed E-state index contributed by atoms with van der Waals surface area (Å²) in [4.78, 5) is 14.6. The van der Waals surface area contributed by atoms with E-state index in [1.165, 1.54) is 0 Å². The van der Waals surface area contributed by atoms with Crippen molar-refractivity contribution >= 4 is 17.4 Å². The first-order chi connectivity index (χ1) is 9.97. The maximum Gasteiger partial charge on any atom is 0.193 e. The fourth-order valence-corrected chi connectivity index (χ4v) is 2.52. The van der Waals surface area contributed by atoms with E-state index in [2.05, 4.69) is 18.7 Å². The number of rotatable bonds is 6. The van der Waals surface area contributed by atoms with Crippen molar-refractivity contribution in [2.75, 3.05) is 6.54 Å². The van der Waals surface area contributed by atoms with Crippen molar-refractivity contribution in [3.05, 3.63) is 58.9 Å². The van der Waals surface area contributed by atoms with Crippen LogP contribution in [0.2, 0.25) is 5.02 Å². The molecule has 21 heavy (non-hydrogen) atoms. The van der Waals surface area contributed by atoms with Crippen LogP contribution in [0.1, 0.15) is 29.9 Å². The van der Waals surface area contributed by atoms with Gasteiger partial charge in [-0.25, -0.2) is 0 Å². The Hall–Kier alpha value is -1.58. The van der Waals surface area contributed by atoms with Gasteiger partial charge in [0.25, 0.3) is 0 Å². The summed E-state index contributed by atoms with van der Waals surface area (Å²) < 4.78 is 1.86. The minimum atomic E-state index is 0.137. The van der Waals surface area contributed by atoms with Gasteiger partial charge >= 0.3 is 0 Å². The quantitative estimate of drug-likeness (QED) is 0.759. The molecule has 0 atom stereocenters. The van der Waals surface area contributed by atoms with E-state index in [1.807, 2.05) is 54.2 Å². The molecule has 0 saturated carbocycles. The van der Waals surface area contributed by atoms with Gasteiger partial charge in [-0.15, -0.1) is 0 Å². The van der Waals surface area contributed by atoms with Crippen molar-refractivity contribution < 1.29 is 4.79 Å². The molecule has 0 N–H and O–H groups in total. The average molecular weight is 305 g/mol. The Morgan fingerprint density at radius 2 is 2.05 bits per heavy atom. The third-order valence-corrected chi connectivity index (χ3v) is 3.82. The Morgan fingerprint density at radius 3 is 2.62 bits per heavy atom. The SMILES string of the molecule is CC(C)N(CC(=O)c1cccn1C)Cc1cccc(Cl)c1. The van der Waals surface area contributed by atoms with Crippen molar-refractivity contribution in [2.24, 2.45) is 7.05 Å². The lowest BCUT2D eigenvalue weighted by Gasteiger charge is -2.26. The van der Waals surface area contributed by atoms with Crippen LogP contribution in [0.15, 0.2) is 42.6 Å². The topological polar surface area (TPSA) is 25.2 Å². The molecule has 0 radical (unpaired) electrons. The predicted octanol–water partition coefficient (Wildman–Crippen LogP) is 3.77. The molecule has 2 aromatic rings. The van der Waals surface area contributed by atoms with Crippen LogP contribution in [0.25, 0.3) is 0 Å². The highest BCUT2D eigenvalue weighted by molar-refractivity contribution is 6.30. The van der Waals surface area contributed by atoms with Gasteiger partial charge in [-0.2, -0.15) is 0 Å². The van der Waals surface area contributed by atoms with E-state index in [0.29, 0.717) is 13.1 Å². The van der Waals surface area contributed by atoms with Crippen LogP contribution >= 0.6 is 11.6 Å². The summed E-state index contributed by atoms with van der Waals surface area (Å²) >= 11 is 6.03. The Kier molecular flexibility index (Phi) is 5.21. The van der Waals surface area contributed by atoms with Crippen LogP contribution in [0.4, 0.5) is 0 Å². The van der Waals surface area contributed by atoms with E-state index in [0.717, 1.165) is 16.3 Å². The summed E-state index contributed by atoms with van der Waals surface area (Å²) in [6.45, 7) is 5.32. The molecule has 1 aromatic heterocycles. The summed E-state index contributed by atoms with van der Waals surface area (Å²) in [6, 6.07) is 11.8. The lowest BCUT2D eigenvalue weighted by Crippen LogP contribution is -2.35. The highest BCUT2D eigenvalue weighted by Gasteiger charge is 2.17. The molecule has 0 bridgehead atoms. The molecule has 0 aliphatic heterocycles. The molecule has 112 valence electrons. The first-order valence-electron chi connectivity index (χ1n) is 7.10. The van der Waals surface area contributed by atoms with Crippen LogP contribution in [0.3, 0.4) is 0 Å². The third kappa shape index (κ3) is 4.19. The number of hydrogen-bond acceptors (Lipinski definition) is 2. The molecule has 0 saturated heterocycles. The first kappa shape index (κ1) is 15.8. The number of aryl methyl sites for hydroxylation is 1. The van der Waals surface area contributed by atoms with Gasteiger partial charge in [0, 0.05) is 30.9 Å². The number of carbonyl (C=O) groups excluding carboxylic acids is 1. The smallest absolute Gasteiger partial charge is 0.193 e. The van der Waals surface area contributed by atoms with E-state index >= 15 is 0 Å². The molecular weight excluding hydrogens is 284 g/mol. The van der Waals surface area contributed by atoms with E-state index in [4.69, 9.17) is 11.6 Å². The fraction of sp³-hybridized carbons (Fsp3) is 0.353. The standard InChI is InChI=1S/C17H21ClN2O/c1-13(2)20(11-14-6-4-7-15(18)10-14)12-17(21)16-8-5-9-19(16)3/h4-10,13H,11-12H2,1-3H3. The summed E-state index contributed by atoms with van der Waals surface area (Å²) in [5.74, 6) is 0.137. The van der Waals surface area contributed by atoms with Gasteiger partial charge < -0.3 is 4.57 Å². The van der Waals surface area contributed by atoms with Gasteiger partial charge in [-0.05, 0) is 43.7 Å². The summed E-state index contributed by atoms with van der Waals surface area (Å²) in [6.07, 6.45) is 1.89. The minimum Gasteiger partial charge on any atom is -0.348 e. The second-order valence-electron chi connectivity index (χ2n) is 5.56. The van der Waals surface area contributed by atoms with Gasteiger partial charge in [0.1, 0.15) is 0 Å². The molecule has 4 heteroatoms. The highest BCUT2D eigenvalue weighted by atomic mass is 35.5. The zero-order chi connectivity index (χ0) is 15.4. The maximum absolute atomic E-state index is 12.4. The van der Waals surface area contributed by atoms with Crippen molar-refractivity contribution in [2.45, 2.75) is 26.4 Å². The first-order valence-corrected chi connectivity index (χ1v) is 7.48. The summed E-state index contributed by atoms with van der Waals surface area (Å²) in [5, 5.41) is 0.727. The number of Topliss-reactive ketones (excluding diaryl/α,β-unsaturated/α-hetero) is 1. The van der Waals surface area contributed by atoms with Crippen LogP contribution in [0.5, 0.6) is 0 Å². The van der Waals surface area contributed by atoms with E-state index < -0.39 is 0 Å². The van der Waals surface area contributed by atoms with Crippen LogP contribution in [0, 0.1) is 0 Å². The van der Waals surface area contributed by atoms with Crippen LogP contribution in [-0.2, 0) is 13.6 Å². The Labute approximate surface area is 131 Å². The zero-order valence-corrected chi connectivity index (χ0v) is 13.5. The summed E-state index contributed by atoms with van der Waals surface area (Å²) in [5.41, 5.74) is 1.86. The molecule has 0 spiro atoms. The molecular formula is C17H21ClN2O. The Balaban J connectivity index is 2.09. The van der Waals surface area contributed by atoms with Gasteiger partial charge in [-0.1, -0.05) is 23.7 Å². The van der Waals surface area contributed by atoms with Crippen LogP contribution < -0.4 is 0 Å². The molecule has 0 aliphatic carbocycles. The van der Waals surface area contributed by atoms with Gasteiger partial charge in [0.15, 0.2) is 5.78 Å². The van der Waals surface area contributed by atoms with E-state index in [1.54, 1.807) is 0 Å². The fourth-order valence-electron chi connectivity index (χ4n) is 2.31. The van der Waals surface area contributed by atoms with Crippen molar-refractivity contribution in [3.8, 4) is 0 Å². The molecule has 1 heterocycles. The number of nitrogens with zero attached hydrogens (tertiary/aromatic N) is 2. The van der Waals surface area contributed by atoms with Crippen molar-refractivity contribution in [1.82, 2.24) is 9.47 Å². The Bertz CT molecular complexity index is 619. The molecule has 0 aliphatic rings. The number of ketones is 1. The number of carbonyl (C=O) groups is 1. The van der Waals surface area contributed by atoms with Gasteiger partial charge in [0.2, 0.25) is 0 Å². The molecule has 3 nitrogen and oxygen atoms in total. The van der Waals surface area contributed by atoms with E-state index in [9.17, 15) is 4.79 Å². The van der Waals surface area contributed by atoms with E-state index in [-0.39, 0.29) is 11.8 Å². The van der Waals surface area contributed by atoms with Gasteiger partial charge in [-0.3, -0.25) is 9.69 Å². The van der Waals surface area contributed by atoms with Crippen molar-refractivity contribution in [1.29, 1.82) is 0 Å². The predicted molar refractivity (Wildman–Crippen MR) is 86.7 cm³/mol. The Morgan fingerprint density at radius 1 is 1.29 bits per heavy atom. The minimum absolute atomic E-state index is 0.137. The lowest BCUT2D eigenvalue weighted by molar-refractivity contribution is 0.0890. The lowest BCUT2D eigenvalue weighted by atomic mass is 10.1. The summed E-state index contributed by atoms with van der Waals surface area (Å²) in [7, 11) is 1.89. The largest absolute Gasteiger partial charge is 0.348 e. The molecule has 0 amide bonds. The zero-order valence-electron chi connectivity index (χ0n) is 12.7. The number of hydrogen-bond donors (Lipinski definition) is 0. The molecule has 2 rings (SSSR count). The number of benzene rings is 1. The maximum atomic E-state index is 12.4. The number of aromatic nitrogens is 1. The van der Waals surface area contributed by atoms with Gasteiger partial charge in [0.05, 0.1) is 12.2 Å². The average Bonchev–Trinajstić information content (AvgIpc) is 2.84.